The highest BCUT2D eigenvalue weighted by molar-refractivity contribution is 7.45. The van der Waals surface area contributed by atoms with E-state index in [0.29, 0.717) is 17.4 Å². The Labute approximate surface area is 271 Å². The smallest absolute Gasteiger partial charge is 0.268 e. The summed E-state index contributed by atoms with van der Waals surface area (Å²) in [5.41, 5.74) is 0. The zero-order chi connectivity index (χ0) is 32.9. The van der Waals surface area contributed by atoms with E-state index in [1.807, 2.05) is 27.2 Å². The van der Waals surface area contributed by atoms with Gasteiger partial charge in [0.05, 0.1) is 39.9 Å². The van der Waals surface area contributed by atoms with Crippen LogP contribution < -0.4 is 10.2 Å². The van der Waals surface area contributed by atoms with Crippen molar-refractivity contribution in [2.45, 2.75) is 154 Å². The first-order valence-corrected chi connectivity index (χ1v) is 19.2. The lowest BCUT2D eigenvalue weighted by Crippen LogP contribution is -2.45. The Morgan fingerprint density at radius 2 is 1.25 bits per heavy atom. The van der Waals surface area contributed by atoms with Crippen LogP contribution in [0.15, 0.2) is 24.3 Å². The molecule has 0 spiro atoms. The van der Waals surface area contributed by atoms with Crippen molar-refractivity contribution in [1.82, 2.24) is 5.32 Å². The Morgan fingerprint density at radius 1 is 0.773 bits per heavy atom. The highest BCUT2D eigenvalue weighted by Gasteiger charge is 2.23. The second-order valence-corrected chi connectivity index (χ2v) is 14.6. The number of allylic oxidation sites excluding steroid dienone is 3. The van der Waals surface area contributed by atoms with Gasteiger partial charge in [-0.15, -0.1) is 0 Å². The van der Waals surface area contributed by atoms with Gasteiger partial charge in [-0.2, -0.15) is 0 Å². The van der Waals surface area contributed by atoms with Crippen molar-refractivity contribution < 1.29 is 32.9 Å². The molecular formula is C35H69N2O6P. The number of quaternary nitrogens is 1. The van der Waals surface area contributed by atoms with Crippen LogP contribution in [-0.4, -0.2) is 68.5 Å². The van der Waals surface area contributed by atoms with E-state index in [4.69, 9.17) is 9.05 Å². The summed E-state index contributed by atoms with van der Waals surface area (Å²) in [5, 5.41) is 13.5. The average molecular weight is 645 g/mol. The lowest BCUT2D eigenvalue weighted by molar-refractivity contribution is -0.870. The standard InChI is InChI=1S/C35H69N2O6P/c1-6-8-10-12-13-14-15-16-17-18-19-20-21-22-23-25-27-29-35(39)36-33(34(38)28-26-24-11-9-7-2)32-43-44(40,41)42-31-30-37(3,4)5/h16-17,26,28,33-34,38H,6-15,18-25,27,29-32H2,1-5H3,(H-,36,39,40,41)/b17-16-,28-26+. The third-order valence-electron chi connectivity index (χ3n) is 7.66. The number of nitrogens with zero attached hydrogens (tertiary/aromatic N) is 1. The van der Waals surface area contributed by atoms with Crippen LogP contribution >= 0.6 is 7.82 Å². The lowest BCUT2D eigenvalue weighted by Gasteiger charge is -2.29. The highest BCUT2D eigenvalue weighted by atomic mass is 31.2. The Hall–Kier alpha value is -1.02. The van der Waals surface area contributed by atoms with Crippen molar-refractivity contribution in [2.75, 3.05) is 40.9 Å². The number of carbonyl (C=O) groups is 1. The number of hydrogen-bond donors (Lipinski definition) is 2. The van der Waals surface area contributed by atoms with Crippen LogP contribution in [0.3, 0.4) is 0 Å². The Kier molecular flexibility index (Phi) is 27.6. The molecule has 0 saturated heterocycles. The molecule has 0 fully saturated rings. The van der Waals surface area contributed by atoms with E-state index in [2.05, 4.69) is 31.3 Å². The number of phosphoric ester groups is 1. The number of carbonyl (C=O) groups excluding carboxylic acids is 1. The lowest BCUT2D eigenvalue weighted by atomic mass is 10.1. The predicted molar refractivity (Wildman–Crippen MR) is 182 cm³/mol. The van der Waals surface area contributed by atoms with Crippen LogP contribution in [0.1, 0.15) is 142 Å². The molecule has 0 aliphatic carbocycles. The fourth-order valence-corrected chi connectivity index (χ4v) is 5.45. The average Bonchev–Trinajstić information content (AvgIpc) is 2.95. The minimum absolute atomic E-state index is 0.00244. The number of aliphatic hydroxyl groups excluding tert-OH is 1. The van der Waals surface area contributed by atoms with E-state index in [0.717, 1.165) is 44.9 Å². The van der Waals surface area contributed by atoms with Gasteiger partial charge in [-0.05, 0) is 44.9 Å². The van der Waals surface area contributed by atoms with Crippen molar-refractivity contribution in [2.24, 2.45) is 0 Å². The SMILES string of the molecule is CCCCC/C=C/C(O)C(COP(=O)([O-])OCC[N+](C)(C)C)NC(=O)CCCCCCCCC/C=C\CCCCCCCC. The molecule has 0 rings (SSSR count). The molecule has 9 heteroatoms. The minimum atomic E-state index is -4.56. The third kappa shape index (κ3) is 29.7. The summed E-state index contributed by atoms with van der Waals surface area (Å²) in [6.07, 6.45) is 29.7. The Balaban J connectivity index is 4.30. The van der Waals surface area contributed by atoms with Gasteiger partial charge in [0.1, 0.15) is 13.2 Å². The molecule has 0 aromatic carbocycles. The van der Waals surface area contributed by atoms with E-state index in [1.54, 1.807) is 6.08 Å². The third-order valence-corrected chi connectivity index (χ3v) is 8.62. The first kappa shape index (κ1) is 43.0. The maximum atomic E-state index is 12.7. The topological polar surface area (TPSA) is 108 Å². The number of aliphatic hydroxyl groups is 1. The normalized spacial score (nSPS) is 15.2. The zero-order valence-electron chi connectivity index (χ0n) is 29.1. The van der Waals surface area contributed by atoms with Crippen LogP contribution in [0.25, 0.3) is 0 Å². The largest absolute Gasteiger partial charge is 0.756 e. The zero-order valence-corrected chi connectivity index (χ0v) is 30.0. The second-order valence-electron chi connectivity index (χ2n) is 13.2. The number of likely N-dealkylation sites (N-methyl/N-ethyl adjacent to an activating group) is 1. The number of unbranched alkanes of at least 4 members (excludes halogenated alkanes) is 16. The van der Waals surface area contributed by atoms with Gasteiger partial charge >= 0.3 is 0 Å². The number of rotatable bonds is 31. The van der Waals surface area contributed by atoms with Gasteiger partial charge < -0.3 is 28.8 Å². The van der Waals surface area contributed by atoms with Gasteiger partial charge in [-0.3, -0.25) is 9.36 Å². The Bertz CT molecular complexity index is 784. The van der Waals surface area contributed by atoms with Gasteiger partial charge in [-0.25, -0.2) is 0 Å². The molecule has 260 valence electrons. The van der Waals surface area contributed by atoms with Gasteiger partial charge in [0, 0.05) is 6.42 Å². The Morgan fingerprint density at radius 3 is 1.82 bits per heavy atom. The summed E-state index contributed by atoms with van der Waals surface area (Å²) in [5.74, 6) is -0.212. The molecular weight excluding hydrogens is 575 g/mol. The summed E-state index contributed by atoms with van der Waals surface area (Å²) in [7, 11) is 1.25. The van der Waals surface area contributed by atoms with Crippen molar-refractivity contribution in [3.05, 3.63) is 24.3 Å². The van der Waals surface area contributed by atoms with Gasteiger partial charge in [-0.1, -0.05) is 115 Å². The maximum absolute atomic E-state index is 12.7. The van der Waals surface area contributed by atoms with E-state index in [9.17, 15) is 19.4 Å². The number of hydrogen-bond acceptors (Lipinski definition) is 6. The highest BCUT2D eigenvalue weighted by Crippen LogP contribution is 2.38. The van der Waals surface area contributed by atoms with Crippen molar-refractivity contribution in [1.29, 1.82) is 0 Å². The van der Waals surface area contributed by atoms with E-state index >= 15 is 0 Å². The van der Waals surface area contributed by atoms with Crippen LogP contribution in [0.2, 0.25) is 0 Å². The molecule has 0 heterocycles. The molecule has 0 radical (unpaired) electrons. The molecule has 0 saturated carbocycles. The second kappa shape index (κ2) is 28.2. The summed E-state index contributed by atoms with van der Waals surface area (Å²) in [6.45, 7) is 4.50. The summed E-state index contributed by atoms with van der Waals surface area (Å²) in [4.78, 5) is 24.9. The number of nitrogens with one attached hydrogen (secondary N) is 1. The minimum Gasteiger partial charge on any atom is -0.756 e. The molecule has 1 amide bonds. The number of amides is 1. The van der Waals surface area contributed by atoms with Crippen molar-refractivity contribution >= 4 is 13.7 Å². The monoisotopic (exact) mass is 644 g/mol. The molecule has 0 bridgehead atoms. The van der Waals surface area contributed by atoms with Crippen LogP contribution in [0, 0.1) is 0 Å². The molecule has 2 N–H and O–H groups in total. The van der Waals surface area contributed by atoms with Gasteiger partial charge in [0.2, 0.25) is 5.91 Å². The molecule has 0 aromatic rings. The molecule has 3 atom stereocenters. The van der Waals surface area contributed by atoms with Crippen LogP contribution in [-0.2, 0) is 18.4 Å². The van der Waals surface area contributed by atoms with Crippen molar-refractivity contribution in [3.63, 3.8) is 0 Å². The summed E-state index contributed by atoms with van der Waals surface area (Å²) < 4.78 is 22.9. The quantitative estimate of drug-likeness (QED) is 0.0343. The van der Waals surface area contributed by atoms with Crippen LogP contribution in [0.5, 0.6) is 0 Å². The first-order chi connectivity index (χ1) is 21.0. The molecule has 8 nitrogen and oxygen atoms in total. The summed E-state index contributed by atoms with van der Waals surface area (Å²) in [6, 6.07) is -0.881. The molecule has 0 aliphatic heterocycles. The van der Waals surface area contributed by atoms with Crippen LogP contribution in [0.4, 0.5) is 0 Å². The first-order valence-electron chi connectivity index (χ1n) is 17.7. The van der Waals surface area contributed by atoms with Crippen molar-refractivity contribution in [3.8, 4) is 0 Å². The molecule has 0 aliphatic rings. The van der Waals surface area contributed by atoms with E-state index < -0.39 is 20.0 Å². The summed E-state index contributed by atoms with van der Waals surface area (Å²) >= 11 is 0. The maximum Gasteiger partial charge on any atom is 0.268 e. The molecule has 44 heavy (non-hydrogen) atoms. The molecule has 0 aromatic heterocycles. The fourth-order valence-electron chi connectivity index (χ4n) is 4.73. The van der Waals surface area contributed by atoms with Gasteiger partial charge in [0.15, 0.2) is 0 Å². The number of phosphoric acid groups is 1. The van der Waals surface area contributed by atoms with E-state index in [1.165, 1.54) is 77.0 Å². The molecule has 3 unspecified atom stereocenters. The van der Waals surface area contributed by atoms with E-state index in [-0.39, 0.29) is 19.1 Å². The van der Waals surface area contributed by atoms with Gasteiger partial charge in [0.25, 0.3) is 7.82 Å². The predicted octanol–water partition coefficient (Wildman–Crippen LogP) is 7.99. The fraction of sp³-hybridized carbons (Fsp3) is 0.857.